The molecule has 0 aliphatic rings. The Morgan fingerprint density at radius 3 is 2.68 bits per heavy atom. The third-order valence-corrected chi connectivity index (χ3v) is 2.47. The van der Waals surface area contributed by atoms with E-state index in [-0.39, 0.29) is 6.61 Å². The lowest BCUT2D eigenvalue weighted by Gasteiger charge is -2.16. The molecule has 7 nitrogen and oxygen atoms in total. The van der Waals surface area contributed by atoms with Crippen LogP contribution in [0.25, 0.3) is 0 Å². The van der Waals surface area contributed by atoms with Crippen LogP contribution in [-0.4, -0.2) is 34.8 Å². The van der Waals surface area contributed by atoms with E-state index in [9.17, 15) is 20.0 Å². The SMILES string of the molecule is C[C@H](NC(=O)OCc1ccccc1)[C@H](O)C[N+](=O)[O-]. The van der Waals surface area contributed by atoms with Crippen LogP contribution in [0.1, 0.15) is 12.5 Å². The number of nitrogens with zero attached hydrogens (tertiary/aromatic N) is 1. The summed E-state index contributed by atoms with van der Waals surface area (Å²) in [4.78, 5) is 21.0. The molecule has 0 bridgehead atoms. The van der Waals surface area contributed by atoms with Crippen molar-refractivity contribution in [1.82, 2.24) is 5.32 Å². The van der Waals surface area contributed by atoms with Crippen molar-refractivity contribution in [3.05, 3.63) is 46.0 Å². The Morgan fingerprint density at radius 2 is 2.11 bits per heavy atom. The standard InChI is InChI=1S/C12H16N2O5/c1-9(11(15)7-14(17)18)13-12(16)19-8-10-5-3-2-4-6-10/h2-6,9,11,15H,7-8H2,1H3,(H,13,16)/t9-,11+/m0/s1. The summed E-state index contributed by atoms with van der Waals surface area (Å²) in [6.45, 7) is 0.947. The van der Waals surface area contributed by atoms with E-state index in [1.807, 2.05) is 18.2 Å². The molecule has 0 saturated carbocycles. The molecule has 0 aliphatic carbocycles. The minimum Gasteiger partial charge on any atom is -0.445 e. The van der Waals surface area contributed by atoms with Gasteiger partial charge >= 0.3 is 6.09 Å². The van der Waals surface area contributed by atoms with E-state index in [2.05, 4.69) is 5.32 Å². The third kappa shape index (κ3) is 5.82. The molecular weight excluding hydrogens is 252 g/mol. The first kappa shape index (κ1) is 14.9. The predicted octanol–water partition coefficient (Wildman–Crippen LogP) is 0.939. The van der Waals surface area contributed by atoms with Gasteiger partial charge in [0.1, 0.15) is 12.7 Å². The van der Waals surface area contributed by atoms with Gasteiger partial charge in [-0.05, 0) is 12.5 Å². The van der Waals surface area contributed by atoms with Crippen LogP contribution >= 0.6 is 0 Å². The van der Waals surface area contributed by atoms with Crippen molar-refractivity contribution in [1.29, 1.82) is 0 Å². The van der Waals surface area contributed by atoms with E-state index in [1.165, 1.54) is 6.92 Å². The highest BCUT2D eigenvalue weighted by Gasteiger charge is 2.21. The van der Waals surface area contributed by atoms with Gasteiger partial charge in [-0.25, -0.2) is 4.79 Å². The summed E-state index contributed by atoms with van der Waals surface area (Å²) in [6, 6.07) is 8.34. The number of amides is 1. The topological polar surface area (TPSA) is 102 Å². The fourth-order valence-corrected chi connectivity index (χ4v) is 1.36. The molecule has 104 valence electrons. The summed E-state index contributed by atoms with van der Waals surface area (Å²) >= 11 is 0. The number of carbonyl (C=O) groups is 1. The number of aliphatic hydroxyl groups excluding tert-OH is 1. The van der Waals surface area contributed by atoms with Crippen molar-refractivity contribution in [2.75, 3.05) is 6.54 Å². The van der Waals surface area contributed by atoms with E-state index in [4.69, 9.17) is 4.74 Å². The second-order valence-electron chi connectivity index (χ2n) is 4.08. The predicted molar refractivity (Wildman–Crippen MR) is 67.1 cm³/mol. The van der Waals surface area contributed by atoms with Crippen LogP contribution in [0.4, 0.5) is 4.79 Å². The van der Waals surface area contributed by atoms with Crippen LogP contribution in [0.5, 0.6) is 0 Å². The lowest BCUT2D eigenvalue weighted by atomic mass is 10.2. The van der Waals surface area contributed by atoms with Crippen LogP contribution in [0.2, 0.25) is 0 Å². The fourth-order valence-electron chi connectivity index (χ4n) is 1.36. The van der Waals surface area contributed by atoms with Gasteiger partial charge < -0.3 is 15.2 Å². The number of ether oxygens (including phenoxy) is 1. The number of nitro groups is 1. The monoisotopic (exact) mass is 268 g/mol. The maximum Gasteiger partial charge on any atom is 0.407 e. The zero-order chi connectivity index (χ0) is 14.3. The fraction of sp³-hybridized carbons (Fsp3) is 0.417. The smallest absolute Gasteiger partial charge is 0.407 e. The molecule has 2 atom stereocenters. The summed E-state index contributed by atoms with van der Waals surface area (Å²) in [5, 5.41) is 22.0. The van der Waals surface area contributed by atoms with Gasteiger partial charge in [0.15, 0.2) is 0 Å². The van der Waals surface area contributed by atoms with Gasteiger partial charge in [0, 0.05) is 4.92 Å². The molecule has 0 aromatic heterocycles. The van der Waals surface area contributed by atoms with Crippen molar-refractivity contribution >= 4 is 6.09 Å². The number of rotatable bonds is 6. The zero-order valence-corrected chi connectivity index (χ0v) is 10.5. The number of benzene rings is 1. The minimum atomic E-state index is -1.25. The number of aliphatic hydroxyl groups is 1. The molecule has 0 unspecified atom stereocenters. The average molecular weight is 268 g/mol. The second kappa shape index (κ2) is 7.32. The number of alkyl carbamates (subject to hydrolysis) is 1. The normalized spacial score (nSPS) is 13.4. The molecule has 0 fully saturated rings. The van der Waals surface area contributed by atoms with Gasteiger partial charge in [0.05, 0.1) is 6.04 Å². The van der Waals surface area contributed by atoms with Crippen molar-refractivity contribution < 1.29 is 19.6 Å². The molecule has 0 saturated heterocycles. The molecule has 1 rings (SSSR count). The van der Waals surface area contributed by atoms with Crippen molar-refractivity contribution in [3.63, 3.8) is 0 Å². The first-order chi connectivity index (χ1) is 8.99. The minimum absolute atomic E-state index is 0.102. The van der Waals surface area contributed by atoms with Crippen LogP contribution in [0.15, 0.2) is 30.3 Å². The third-order valence-electron chi connectivity index (χ3n) is 2.47. The summed E-state index contributed by atoms with van der Waals surface area (Å²) in [7, 11) is 0. The number of carbonyl (C=O) groups excluding carboxylic acids is 1. The molecule has 0 radical (unpaired) electrons. The van der Waals surface area contributed by atoms with Crippen molar-refractivity contribution in [3.8, 4) is 0 Å². The van der Waals surface area contributed by atoms with Gasteiger partial charge in [-0.2, -0.15) is 0 Å². The summed E-state index contributed by atoms with van der Waals surface area (Å²) < 4.78 is 4.92. The van der Waals surface area contributed by atoms with Crippen molar-refractivity contribution in [2.45, 2.75) is 25.7 Å². The van der Waals surface area contributed by atoms with E-state index >= 15 is 0 Å². The number of nitrogens with one attached hydrogen (secondary N) is 1. The van der Waals surface area contributed by atoms with E-state index in [0.29, 0.717) is 0 Å². The first-order valence-corrected chi connectivity index (χ1v) is 5.76. The van der Waals surface area contributed by atoms with Gasteiger partial charge in [0.25, 0.3) is 0 Å². The molecule has 19 heavy (non-hydrogen) atoms. The molecule has 7 heteroatoms. The van der Waals surface area contributed by atoms with Gasteiger partial charge in [-0.15, -0.1) is 0 Å². The summed E-state index contributed by atoms with van der Waals surface area (Å²) in [5.41, 5.74) is 0.830. The summed E-state index contributed by atoms with van der Waals surface area (Å²) in [6.07, 6.45) is -1.97. The van der Waals surface area contributed by atoms with Gasteiger partial charge in [-0.3, -0.25) is 10.1 Å². The number of hydrogen-bond donors (Lipinski definition) is 2. The van der Waals surface area contributed by atoms with E-state index < -0.39 is 29.7 Å². The van der Waals surface area contributed by atoms with Crippen LogP contribution in [0, 0.1) is 10.1 Å². The molecule has 2 N–H and O–H groups in total. The Kier molecular flexibility index (Phi) is 5.74. The largest absolute Gasteiger partial charge is 0.445 e. The Labute approximate surface area is 110 Å². The number of hydrogen-bond acceptors (Lipinski definition) is 5. The molecule has 1 aromatic rings. The van der Waals surface area contributed by atoms with Gasteiger partial charge in [-0.1, -0.05) is 30.3 Å². The highest BCUT2D eigenvalue weighted by molar-refractivity contribution is 5.67. The van der Waals surface area contributed by atoms with E-state index in [0.717, 1.165) is 5.56 Å². The lowest BCUT2D eigenvalue weighted by Crippen LogP contribution is -2.44. The average Bonchev–Trinajstić information content (AvgIpc) is 2.36. The molecular formula is C12H16N2O5. The Hall–Kier alpha value is -2.15. The lowest BCUT2D eigenvalue weighted by molar-refractivity contribution is -0.491. The summed E-state index contributed by atoms with van der Waals surface area (Å²) in [5.74, 6) is 0. The Balaban J connectivity index is 2.32. The van der Waals surface area contributed by atoms with Gasteiger partial charge in [0.2, 0.25) is 6.54 Å². The highest BCUT2D eigenvalue weighted by atomic mass is 16.6. The molecule has 1 aromatic carbocycles. The van der Waals surface area contributed by atoms with Crippen molar-refractivity contribution in [2.24, 2.45) is 0 Å². The van der Waals surface area contributed by atoms with E-state index in [1.54, 1.807) is 12.1 Å². The van der Waals surface area contributed by atoms with Crippen LogP contribution < -0.4 is 5.32 Å². The van der Waals surface area contributed by atoms with Crippen LogP contribution in [-0.2, 0) is 11.3 Å². The molecule has 0 aliphatic heterocycles. The molecule has 0 spiro atoms. The second-order valence-corrected chi connectivity index (χ2v) is 4.08. The quantitative estimate of drug-likeness (QED) is 0.590. The molecule has 0 heterocycles. The highest BCUT2D eigenvalue weighted by Crippen LogP contribution is 2.01. The Morgan fingerprint density at radius 1 is 1.47 bits per heavy atom. The first-order valence-electron chi connectivity index (χ1n) is 5.76. The molecule has 1 amide bonds. The maximum atomic E-state index is 11.4. The zero-order valence-electron chi connectivity index (χ0n) is 10.5. The Bertz CT molecular complexity index is 423. The van der Waals surface area contributed by atoms with Crippen LogP contribution in [0.3, 0.4) is 0 Å². The maximum absolute atomic E-state index is 11.4.